The van der Waals surface area contributed by atoms with Crippen LogP contribution in [0.2, 0.25) is 0 Å². The Morgan fingerprint density at radius 1 is 0.886 bits per heavy atom. The molecule has 0 bridgehead atoms. The number of alkyl halides is 7. The third kappa shape index (κ3) is 4.92. The predicted octanol–water partition coefficient (Wildman–Crippen LogP) is 6.85. The monoisotopic (exact) mass is 713 g/mol. The molecular weight excluding hydrogens is 687 g/mol. The number of benzene rings is 2. The lowest BCUT2D eigenvalue weighted by molar-refractivity contribution is -0.348. The Morgan fingerprint density at radius 2 is 1.50 bits per heavy atom. The summed E-state index contributed by atoms with van der Waals surface area (Å²) in [4.78, 5) is 26.4. The molecule has 1 saturated carbocycles. The molecule has 2 unspecified atom stereocenters. The van der Waals surface area contributed by atoms with E-state index in [1.165, 1.54) is 23.1 Å². The summed E-state index contributed by atoms with van der Waals surface area (Å²) < 4.78 is 124. The number of aryl methyl sites for hydroxylation is 1. The van der Waals surface area contributed by atoms with Crippen molar-refractivity contribution in [3.8, 4) is 0 Å². The van der Waals surface area contributed by atoms with Gasteiger partial charge in [0.1, 0.15) is 4.75 Å². The number of carbonyl (C=O) groups is 2. The number of aliphatic carboxylic acids is 1. The molecular formula is C29H27BrF7NO5S. The van der Waals surface area contributed by atoms with Crippen LogP contribution in [0.15, 0.2) is 51.8 Å². The highest BCUT2D eigenvalue weighted by Crippen LogP contribution is 2.57. The second-order valence-corrected chi connectivity index (χ2v) is 14.7. The molecule has 2 atom stereocenters. The Bertz CT molecular complexity index is 1570. The van der Waals surface area contributed by atoms with E-state index < -0.39 is 62.0 Å². The van der Waals surface area contributed by atoms with Crippen molar-refractivity contribution in [2.45, 2.75) is 78.7 Å². The van der Waals surface area contributed by atoms with Gasteiger partial charge in [0.25, 0.3) is 0 Å². The number of carboxylic acid groups (broad SMARTS) is 1. The van der Waals surface area contributed by atoms with Crippen molar-refractivity contribution >= 4 is 37.6 Å². The Morgan fingerprint density at radius 3 is 2.07 bits per heavy atom. The summed E-state index contributed by atoms with van der Waals surface area (Å²) in [6.45, 7) is -0.0606. The van der Waals surface area contributed by atoms with Crippen LogP contribution in [0.1, 0.15) is 55.2 Å². The molecule has 15 heteroatoms. The van der Waals surface area contributed by atoms with Crippen LogP contribution in [0.3, 0.4) is 0 Å². The van der Waals surface area contributed by atoms with Crippen molar-refractivity contribution in [2.24, 2.45) is 11.8 Å². The summed E-state index contributed by atoms with van der Waals surface area (Å²) in [7, 11) is -4.46. The minimum Gasteiger partial charge on any atom is -0.481 e. The van der Waals surface area contributed by atoms with Gasteiger partial charge in [0, 0.05) is 22.5 Å². The van der Waals surface area contributed by atoms with Gasteiger partial charge in [-0.15, -0.1) is 0 Å². The van der Waals surface area contributed by atoms with Crippen molar-refractivity contribution in [1.82, 2.24) is 4.90 Å². The van der Waals surface area contributed by atoms with Crippen LogP contribution < -0.4 is 0 Å². The third-order valence-corrected chi connectivity index (χ3v) is 12.4. The van der Waals surface area contributed by atoms with Gasteiger partial charge in [0.2, 0.25) is 5.91 Å². The maximum absolute atomic E-state index is 15.0. The zero-order valence-corrected chi connectivity index (χ0v) is 25.3. The molecule has 44 heavy (non-hydrogen) atoms. The highest BCUT2D eigenvalue weighted by Gasteiger charge is 2.74. The van der Waals surface area contributed by atoms with Crippen LogP contribution in [0.5, 0.6) is 0 Å². The zero-order valence-electron chi connectivity index (χ0n) is 22.9. The number of halogens is 8. The van der Waals surface area contributed by atoms with E-state index in [4.69, 9.17) is 0 Å². The number of likely N-dealkylation sites (tertiary alicyclic amines) is 1. The second-order valence-electron chi connectivity index (χ2n) is 11.6. The minimum atomic E-state index is -6.34. The molecule has 1 N–H and O–H groups in total. The quantitative estimate of drug-likeness (QED) is 0.343. The smallest absolute Gasteiger partial charge is 0.435 e. The van der Waals surface area contributed by atoms with E-state index in [1.54, 1.807) is 6.07 Å². The fourth-order valence-corrected chi connectivity index (χ4v) is 10.1. The molecule has 6 nitrogen and oxygen atoms in total. The summed E-state index contributed by atoms with van der Waals surface area (Å²) in [5.74, 6) is -2.50. The van der Waals surface area contributed by atoms with Crippen LogP contribution in [0.4, 0.5) is 30.7 Å². The number of amides is 1. The van der Waals surface area contributed by atoms with Crippen molar-refractivity contribution < 1.29 is 53.8 Å². The Labute approximate surface area is 256 Å². The minimum absolute atomic E-state index is 0.0606. The Balaban J connectivity index is 1.63. The van der Waals surface area contributed by atoms with Gasteiger partial charge in [0.05, 0.1) is 16.9 Å². The second kappa shape index (κ2) is 11.0. The highest BCUT2D eigenvalue weighted by molar-refractivity contribution is 9.10. The molecule has 1 saturated heterocycles. The molecule has 1 heterocycles. The van der Waals surface area contributed by atoms with Gasteiger partial charge in [-0.25, -0.2) is 12.8 Å². The van der Waals surface area contributed by atoms with Crippen molar-refractivity contribution in [3.63, 3.8) is 0 Å². The van der Waals surface area contributed by atoms with Crippen molar-refractivity contribution in [2.75, 3.05) is 6.54 Å². The van der Waals surface area contributed by atoms with E-state index >= 15 is 4.39 Å². The summed E-state index contributed by atoms with van der Waals surface area (Å²) in [6, 6.07) is 6.24. The average Bonchev–Trinajstić information content (AvgIpc) is 3.36. The maximum Gasteiger partial charge on any atom is 0.435 e. The number of carboxylic acids is 1. The lowest BCUT2D eigenvalue weighted by Gasteiger charge is -2.44. The molecule has 2 aromatic rings. The molecule has 0 aromatic heterocycles. The summed E-state index contributed by atoms with van der Waals surface area (Å²) in [5.41, 5.74) is -7.64. The molecule has 240 valence electrons. The van der Waals surface area contributed by atoms with Gasteiger partial charge in [-0.3, -0.25) is 9.59 Å². The predicted molar refractivity (Wildman–Crippen MR) is 146 cm³/mol. The van der Waals surface area contributed by atoms with Gasteiger partial charge in [-0.05, 0) is 74.3 Å². The molecule has 5 rings (SSSR count). The molecule has 3 aliphatic rings. The average molecular weight is 714 g/mol. The van der Waals surface area contributed by atoms with E-state index in [9.17, 15) is 49.5 Å². The fraction of sp³-hybridized carbons (Fsp3) is 0.517. The van der Waals surface area contributed by atoms with Crippen LogP contribution in [0, 0.1) is 11.8 Å². The standard InChI is InChI=1S/C29H27BrF7NO5S/c30-20-2-1-3-21(15-20)44(42,43)26-12-13-38(24(39)16-4-6-17(7-5-16)25(40)41)23(26)11-8-18-14-19(9-10-22(18)26)27(31,28(32,33)34)29(35,36)37/h1-3,9-10,14-17,23H,4-8,11-13H2,(H,40,41)/t16-,17-,23?,26?. The first-order valence-corrected chi connectivity index (χ1v) is 16.1. The van der Waals surface area contributed by atoms with Crippen LogP contribution in [-0.4, -0.2) is 55.2 Å². The van der Waals surface area contributed by atoms with Crippen molar-refractivity contribution in [1.29, 1.82) is 0 Å². The first-order chi connectivity index (χ1) is 20.4. The van der Waals surface area contributed by atoms with Crippen LogP contribution in [-0.2, 0) is 36.3 Å². The molecule has 2 fully saturated rings. The topological polar surface area (TPSA) is 91.8 Å². The first-order valence-electron chi connectivity index (χ1n) is 13.9. The van der Waals surface area contributed by atoms with Crippen LogP contribution in [0.25, 0.3) is 0 Å². The normalized spacial score (nSPS) is 26.2. The molecule has 0 spiro atoms. The molecule has 2 aliphatic carbocycles. The summed E-state index contributed by atoms with van der Waals surface area (Å²) in [5, 5.41) is 9.32. The number of rotatable bonds is 5. The van der Waals surface area contributed by atoms with E-state index in [0.29, 0.717) is 16.6 Å². The summed E-state index contributed by atoms with van der Waals surface area (Å²) >= 11 is 3.23. The third-order valence-electron chi connectivity index (χ3n) is 9.36. The van der Waals surface area contributed by atoms with Gasteiger partial charge in [-0.2, -0.15) is 26.3 Å². The van der Waals surface area contributed by atoms with E-state index in [2.05, 4.69) is 15.9 Å². The van der Waals surface area contributed by atoms with E-state index in [1.807, 2.05) is 0 Å². The first kappa shape index (κ1) is 32.7. The maximum atomic E-state index is 15.0. The highest BCUT2D eigenvalue weighted by atomic mass is 79.9. The van der Waals surface area contributed by atoms with E-state index in [0.717, 1.165) is 6.07 Å². The Hall–Kier alpha value is -2.68. The fourth-order valence-electron chi connectivity index (χ4n) is 7.16. The number of hydrogen-bond donors (Lipinski definition) is 1. The lowest BCUT2D eigenvalue weighted by Crippen LogP contribution is -2.53. The van der Waals surface area contributed by atoms with Crippen LogP contribution >= 0.6 is 15.9 Å². The molecule has 1 aliphatic heterocycles. The number of hydrogen-bond acceptors (Lipinski definition) is 4. The van der Waals surface area contributed by atoms with Crippen molar-refractivity contribution in [3.05, 3.63) is 63.6 Å². The summed E-state index contributed by atoms with van der Waals surface area (Å²) in [6.07, 6.45) is -12.1. The molecule has 0 radical (unpaired) electrons. The molecule has 1 amide bonds. The SMILES string of the molecule is O=C(O)[C@H]1CC[C@H](C(=O)N2CCC3(S(=O)(=O)c4cccc(Br)c4)c4ccc(C(F)(C(F)(F)F)C(F)(F)F)cc4CCC23)CC1. The lowest BCUT2D eigenvalue weighted by atomic mass is 9.76. The number of carbonyl (C=O) groups excluding carboxylic acids is 1. The number of nitrogens with zero attached hydrogens (tertiary/aromatic N) is 1. The van der Waals surface area contributed by atoms with Gasteiger partial charge in [0.15, 0.2) is 9.84 Å². The van der Waals surface area contributed by atoms with E-state index in [-0.39, 0.29) is 73.4 Å². The molecule has 2 aromatic carbocycles. The van der Waals surface area contributed by atoms with Gasteiger partial charge < -0.3 is 10.0 Å². The van der Waals surface area contributed by atoms with Gasteiger partial charge in [-0.1, -0.05) is 40.2 Å². The zero-order chi connectivity index (χ0) is 32.5. The number of fused-ring (bicyclic) bond motifs is 3. The Kier molecular flexibility index (Phi) is 8.17. The van der Waals surface area contributed by atoms with Gasteiger partial charge >= 0.3 is 24.0 Å². The largest absolute Gasteiger partial charge is 0.481 e. The number of sulfone groups is 1.